The van der Waals surface area contributed by atoms with Crippen molar-refractivity contribution in [3.05, 3.63) is 66.1 Å². The van der Waals surface area contributed by atoms with E-state index in [1.165, 1.54) is 12.3 Å². The first kappa shape index (κ1) is 17.5. The van der Waals surface area contributed by atoms with E-state index in [2.05, 4.69) is 10.6 Å². The summed E-state index contributed by atoms with van der Waals surface area (Å²) in [4.78, 5) is 23.5. The highest BCUT2D eigenvalue weighted by molar-refractivity contribution is 5.91. The van der Waals surface area contributed by atoms with Crippen LogP contribution in [0.25, 0.3) is 6.08 Å². The largest absolute Gasteiger partial charge is 0.465 e. The quantitative estimate of drug-likeness (QED) is 0.643. The molecule has 0 fully saturated rings. The smallest absolute Gasteiger partial charge is 0.244 e. The van der Waals surface area contributed by atoms with Gasteiger partial charge in [0.2, 0.25) is 11.8 Å². The molecule has 24 heavy (non-hydrogen) atoms. The number of hydrogen-bond donors (Lipinski definition) is 3. The molecule has 0 saturated carbocycles. The first-order chi connectivity index (χ1) is 11.7. The van der Waals surface area contributed by atoms with Gasteiger partial charge in [-0.05, 0) is 23.8 Å². The number of carbonyl (C=O) groups excluding carboxylic acids is 2. The Morgan fingerprint density at radius 2 is 1.96 bits per heavy atom. The zero-order valence-corrected chi connectivity index (χ0v) is 13.1. The molecule has 0 aliphatic rings. The van der Waals surface area contributed by atoms with Crippen LogP contribution < -0.4 is 10.6 Å². The maximum atomic E-state index is 11.9. The van der Waals surface area contributed by atoms with Crippen molar-refractivity contribution in [2.75, 3.05) is 13.2 Å². The molecule has 0 aliphatic carbocycles. The van der Waals surface area contributed by atoms with Crippen molar-refractivity contribution in [3.8, 4) is 0 Å². The zero-order chi connectivity index (χ0) is 17.2. The van der Waals surface area contributed by atoms with Gasteiger partial charge in [-0.1, -0.05) is 30.3 Å². The molecule has 1 aromatic heterocycles. The molecule has 0 bridgehead atoms. The van der Waals surface area contributed by atoms with E-state index in [1.807, 2.05) is 30.3 Å². The molecule has 1 atom stereocenters. The van der Waals surface area contributed by atoms with Gasteiger partial charge in [0.25, 0.3) is 0 Å². The first-order valence-electron chi connectivity index (χ1n) is 7.63. The molecule has 2 aromatic rings. The van der Waals surface area contributed by atoms with Gasteiger partial charge in [-0.25, -0.2) is 0 Å². The zero-order valence-electron chi connectivity index (χ0n) is 13.1. The van der Waals surface area contributed by atoms with E-state index in [0.29, 0.717) is 5.76 Å². The number of rotatable bonds is 8. The monoisotopic (exact) mass is 328 g/mol. The van der Waals surface area contributed by atoms with Crippen molar-refractivity contribution < 1.29 is 19.1 Å². The standard InChI is InChI=1S/C18H20N2O4/c21-13-16(14-5-2-1-3-6-14)20-18(23)10-11-19-17(22)9-8-15-7-4-12-24-15/h1-9,12,16,21H,10-11,13H2,(H,19,22)(H,20,23)/b9-8+/t16-/m1/s1. The Morgan fingerprint density at radius 3 is 2.62 bits per heavy atom. The van der Waals surface area contributed by atoms with Crippen LogP contribution in [0, 0.1) is 0 Å². The average Bonchev–Trinajstić information content (AvgIpc) is 3.12. The maximum absolute atomic E-state index is 11.9. The minimum absolute atomic E-state index is 0.129. The fourth-order valence-corrected chi connectivity index (χ4v) is 2.09. The molecule has 6 nitrogen and oxygen atoms in total. The second kappa shape index (κ2) is 9.32. The lowest BCUT2D eigenvalue weighted by Crippen LogP contribution is -2.33. The highest BCUT2D eigenvalue weighted by Crippen LogP contribution is 2.11. The van der Waals surface area contributed by atoms with Gasteiger partial charge < -0.3 is 20.2 Å². The van der Waals surface area contributed by atoms with Crippen LogP contribution in [-0.4, -0.2) is 30.1 Å². The van der Waals surface area contributed by atoms with E-state index in [0.717, 1.165) is 5.56 Å². The summed E-state index contributed by atoms with van der Waals surface area (Å²) in [6.45, 7) is 0.0219. The average molecular weight is 328 g/mol. The third-order valence-electron chi connectivity index (χ3n) is 3.31. The number of benzene rings is 1. The maximum Gasteiger partial charge on any atom is 0.244 e. The van der Waals surface area contributed by atoms with Gasteiger partial charge in [0.15, 0.2) is 0 Å². The van der Waals surface area contributed by atoms with Crippen molar-refractivity contribution in [1.29, 1.82) is 0 Å². The minimum Gasteiger partial charge on any atom is -0.465 e. The van der Waals surface area contributed by atoms with Gasteiger partial charge in [-0.3, -0.25) is 9.59 Å². The molecule has 2 amide bonds. The third-order valence-corrected chi connectivity index (χ3v) is 3.31. The summed E-state index contributed by atoms with van der Waals surface area (Å²) >= 11 is 0. The number of aliphatic hydroxyl groups excluding tert-OH is 1. The molecule has 2 rings (SSSR count). The molecule has 3 N–H and O–H groups in total. The molecule has 1 heterocycles. The number of carbonyl (C=O) groups is 2. The lowest BCUT2D eigenvalue weighted by Gasteiger charge is -2.16. The second-order valence-corrected chi connectivity index (χ2v) is 5.10. The van der Waals surface area contributed by atoms with E-state index < -0.39 is 6.04 Å². The topological polar surface area (TPSA) is 91.6 Å². The van der Waals surface area contributed by atoms with Gasteiger partial charge in [0.1, 0.15) is 5.76 Å². The van der Waals surface area contributed by atoms with Crippen molar-refractivity contribution >= 4 is 17.9 Å². The van der Waals surface area contributed by atoms with Crippen LogP contribution >= 0.6 is 0 Å². The van der Waals surface area contributed by atoms with Gasteiger partial charge in [-0.15, -0.1) is 0 Å². The number of aliphatic hydroxyl groups is 1. The number of nitrogens with one attached hydrogen (secondary N) is 2. The van der Waals surface area contributed by atoms with E-state index in [-0.39, 0.29) is 31.4 Å². The molecule has 0 aliphatic heterocycles. The van der Waals surface area contributed by atoms with Gasteiger partial charge in [-0.2, -0.15) is 0 Å². The van der Waals surface area contributed by atoms with Crippen molar-refractivity contribution in [1.82, 2.24) is 10.6 Å². The van der Waals surface area contributed by atoms with E-state index >= 15 is 0 Å². The van der Waals surface area contributed by atoms with Crippen LogP contribution in [0.3, 0.4) is 0 Å². The van der Waals surface area contributed by atoms with Gasteiger partial charge in [0.05, 0.1) is 18.9 Å². The molecule has 126 valence electrons. The van der Waals surface area contributed by atoms with Crippen molar-refractivity contribution in [2.45, 2.75) is 12.5 Å². The molecule has 0 unspecified atom stereocenters. The minimum atomic E-state index is -0.451. The molecular weight excluding hydrogens is 308 g/mol. The highest BCUT2D eigenvalue weighted by Gasteiger charge is 2.13. The Hall–Kier alpha value is -2.86. The van der Waals surface area contributed by atoms with Crippen LogP contribution in [-0.2, 0) is 9.59 Å². The summed E-state index contributed by atoms with van der Waals surface area (Å²) in [5.74, 6) is 0.0331. The summed E-state index contributed by atoms with van der Waals surface area (Å²) in [6, 6.07) is 12.2. The molecule has 0 saturated heterocycles. The predicted octanol–water partition coefficient (Wildman–Crippen LogP) is 1.65. The van der Waals surface area contributed by atoms with Crippen LogP contribution in [0.5, 0.6) is 0 Å². The normalized spacial score (nSPS) is 12.0. The Bertz CT molecular complexity index is 666. The van der Waals surface area contributed by atoms with Crippen molar-refractivity contribution in [2.24, 2.45) is 0 Å². The van der Waals surface area contributed by atoms with Crippen LogP contribution in [0.15, 0.2) is 59.2 Å². The van der Waals surface area contributed by atoms with Crippen LogP contribution in [0.2, 0.25) is 0 Å². The van der Waals surface area contributed by atoms with E-state index in [1.54, 1.807) is 18.2 Å². The van der Waals surface area contributed by atoms with Crippen molar-refractivity contribution in [3.63, 3.8) is 0 Å². The number of furan rings is 1. The summed E-state index contributed by atoms with van der Waals surface area (Å²) in [5, 5.41) is 14.8. The molecular formula is C18H20N2O4. The first-order valence-corrected chi connectivity index (χ1v) is 7.63. The Balaban J connectivity index is 1.71. The highest BCUT2D eigenvalue weighted by atomic mass is 16.3. The van der Waals surface area contributed by atoms with Gasteiger partial charge >= 0.3 is 0 Å². The van der Waals surface area contributed by atoms with Gasteiger partial charge in [0, 0.05) is 19.0 Å². The van der Waals surface area contributed by atoms with Crippen LogP contribution in [0.4, 0.5) is 0 Å². The van der Waals surface area contributed by atoms with E-state index in [4.69, 9.17) is 4.42 Å². The Labute approximate surface area is 140 Å². The summed E-state index contributed by atoms with van der Waals surface area (Å²) in [7, 11) is 0. The van der Waals surface area contributed by atoms with Crippen LogP contribution in [0.1, 0.15) is 23.8 Å². The summed E-state index contributed by atoms with van der Waals surface area (Å²) in [6.07, 6.45) is 4.54. The molecule has 1 aromatic carbocycles. The Morgan fingerprint density at radius 1 is 1.17 bits per heavy atom. The third kappa shape index (κ3) is 5.73. The predicted molar refractivity (Wildman–Crippen MR) is 89.8 cm³/mol. The SMILES string of the molecule is O=C(/C=C/c1ccco1)NCCC(=O)N[C@H](CO)c1ccccc1. The Kier molecular flexibility index (Phi) is 6.79. The lowest BCUT2D eigenvalue weighted by molar-refractivity contribution is -0.122. The number of amides is 2. The fourth-order valence-electron chi connectivity index (χ4n) is 2.09. The molecule has 0 radical (unpaired) electrons. The molecule has 0 spiro atoms. The molecule has 6 heteroatoms. The fraction of sp³-hybridized carbons (Fsp3) is 0.222. The lowest BCUT2D eigenvalue weighted by atomic mass is 10.1. The van der Waals surface area contributed by atoms with E-state index in [9.17, 15) is 14.7 Å². The summed E-state index contributed by atoms with van der Waals surface area (Å²) < 4.78 is 5.07. The second-order valence-electron chi connectivity index (χ2n) is 5.10. The number of hydrogen-bond acceptors (Lipinski definition) is 4. The summed E-state index contributed by atoms with van der Waals surface area (Å²) in [5.41, 5.74) is 0.832.